The number of amides is 1. The van der Waals surface area contributed by atoms with Crippen LogP contribution in [0.15, 0.2) is 91.0 Å². The number of ketones is 1. The Morgan fingerprint density at radius 2 is 1.58 bits per heavy atom. The first-order valence-electron chi connectivity index (χ1n) is 11.5. The fraction of sp³-hybridized carbons (Fsp3) is 0.267. The molecule has 4 rings (SSSR count). The lowest BCUT2D eigenvalue weighted by atomic mass is 9.60. The minimum absolute atomic E-state index is 0.105. The van der Waals surface area contributed by atoms with Crippen LogP contribution in [0.1, 0.15) is 60.3 Å². The van der Waals surface area contributed by atoms with E-state index in [-0.39, 0.29) is 17.7 Å². The van der Waals surface area contributed by atoms with Crippen LogP contribution in [0.5, 0.6) is 0 Å². The van der Waals surface area contributed by atoms with Crippen molar-refractivity contribution < 1.29 is 9.59 Å². The lowest BCUT2D eigenvalue weighted by Gasteiger charge is -2.60. The number of benzene rings is 3. The van der Waals surface area contributed by atoms with Gasteiger partial charge in [-0.3, -0.25) is 9.59 Å². The SMILES string of the molecule is Cc1cccc(/C=C/C[C@]2(C(=O)c3ccccc3)C(=O)N(C(C)(C)C)[C@H]2c2ccccc2)c1. The molecular formula is C30H31NO2. The number of carbonyl (C=O) groups is 2. The molecule has 1 heterocycles. The summed E-state index contributed by atoms with van der Waals surface area (Å²) in [5.41, 5.74) is 2.22. The van der Waals surface area contributed by atoms with E-state index in [1.807, 2.05) is 111 Å². The summed E-state index contributed by atoms with van der Waals surface area (Å²) in [7, 11) is 0. The molecule has 1 fully saturated rings. The number of allylic oxidation sites excluding steroid dienone is 1. The van der Waals surface area contributed by atoms with Gasteiger partial charge in [-0.05, 0) is 45.2 Å². The molecule has 0 aromatic heterocycles. The molecule has 3 heteroatoms. The second-order valence-corrected chi connectivity index (χ2v) is 9.85. The van der Waals surface area contributed by atoms with Crippen molar-refractivity contribution in [3.8, 4) is 0 Å². The molecule has 1 aliphatic heterocycles. The maximum absolute atomic E-state index is 14.0. The van der Waals surface area contributed by atoms with E-state index in [4.69, 9.17) is 0 Å². The Morgan fingerprint density at radius 1 is 0.939 bits per heavy atom. The third kappa shape index (κ3) is 4.16. The molecule has 0 spiro atoms. The normalized spacial score (nSPS) is 20.7. The molecular weight excluding hydrogens is 406 g/mol. The number of likely N-dealkylation sites (tertiary alicyclic amines) is 1. The standard InChI is InChI=1S/C30H31NO2/c1-22-13-11-14-23(21-22)15-12-20-30(27(32)25-18-9-6-10-19-25)26(24-16-7-5-8-17-24)31(28(30)33)29(2,3)4/h5-19,21,26H,20H2,1-4H3/b15-12+/t26-,30-/m0/s1. The summed E-state index contributed by atoms with van der Waals surface area (Å²) in [6, 6.07) is 27.0. The van der Waals surface area contributed by atoms with Gasteiger partial charge in [0.05, 0.1) is 6.04 Å². The van der Waals surface area contributed by atoms with Crippen LogP contribution in [-0.2, 0) is 4.79 Å². The molecule has 0 saturated carbocycles. The molecule has 0 unspecified atom stereocenters. The maximum Gasteiger partial charge on any atom is 0.240 e. The van der Waals surface area contributed by atoms with Crippen LogP contribution in [0.25, 0.3) is 6.08 Å². The van der Waals surface area contributed by atoms with Crippen molar-refractivity contribution in [2.24, 2.45) is 5.41 Å². The number of rotatable bonds is 6. The molecule has 3 aromatic carbocycles. The summed E-state index contributed by atoms with van der Waals surface area (Å²) in [4.78, 5) is 29.8. The van der Waals surface area contributed by atoms with Gasteiger partial charge in [0.1, 0.15) is 5.41 Å². The van der Waals surface area contributed by atoms with Crippen LogP contribution >= 0.6 is 0 Å². The third-order valence-corrected chi connectivity index (χ3v) is 6.40. The van der Waals surface area contributed by atoms with Gasteiger partial charge in [-0.25, -0.2) is 0 Å². The Kier molecular flexibility index (Phi) is 6.07. The molecule has 2 atom stereocenters. The summed E-state index contributed by atoms with van der Waals surface area (Å²) < 4.78 is 0. The number of Topliss-reactive ketones (excluding diaryl/α,β-unsaturated/α-hetero) is 1. The van der Waals surface area contributed by atoms with E-state index in [0.29, 0.717) is 12.0 Å². The molecule has 33 heavy (non-hydrogen) atoms. The average Bonchev–Trinajstić information content (AvgIpc) is 2.80. The van der Waals surface area contributed by atoms with Crippen LogP contribution in [-0.4, -0.2) is 22.1 Å². The van der Waals surface area contributed by atoms with Crippen molar-refractivity contribution >= 4 is 17.8 Å². The number of nitrogens with zero attached hydrogens (tertiary/aromatic N) is 1. The van der Waals surface area contributed by atoms with Gasteiger partial charge in [0.2, 0.25) is 5.91 Å². The average molecular weight is 438 g/mol. The summed E-state index contributed by atoms with van der Waals surface area (Å²) in [5, 5.41) is 0. The molecule has 0 N–H and O–H groups in total. The summed E-state index contributed by atoms with van der Waals surface area (Å²) in [6.45, 7) is 8.14. The van der Waals surface area contributed by atoms with Gasteiger partial charge in [-0.15, -0.1) is 0 Å². The van der Waals surface area contributed by atoms with Gasteiger partial charge < -0.3 is 4.90 Å². The predicted molar refractivity (Wildman–Crippen MR) is 134 cm³/mol. The molecule has 0 radical (unpaired) electrons. The number of carbonyl (C=O) groups excluding carboxylic acids is 2. The highest BCUT2D eigenvalue weighted by Crippen LogP contribution is 2.57. The molecule has 3 aromatic rings. The molecule has 168 valence electrons. The van der Waals surface area contributed by atoms with E-state index in [9.17, 15) is 9.59 Å². The highest BCUT2D eigenvalue weighted by atomic mass is 16.2. The summed E-state index contributed by atoms with van der Waals surface area (Å²) in [5.74, 6) is -0.219. The van der Waals surface area contributed by atoms with Crippen molar-refractivity contribution in [3.05, 3.63) is 113 Å². The first-order valence-corrected chi connectivity index (χ1v) is 11.5. The van der Waals surface area contributed by atoms with E-state index >= 15 is 0 Å². The van der Waals surface area contributed by atoms with E-state index in [1.165, 1.54) is 5.56 Å². The molecule has 3 nitrogen and oxygen atoms in total. The number of aryl methyl sites for hydroxylation is 1. The molecule has 1 aliphatic rings. The zero-order chi connectivity index (χ0) is 23.6. The van der Waals surface area contributed by atoms with E-state index in [0.717, 1.165) is 11.1 Å². The van der Waals surface area contributed by atoms with Gasteiger partial charge in [-0.2, -0.15) is 0 Å². The van der Waals surface area contributed by atoms with Gasteiger partial charge in [0, 0.05) is 11.1 Å². The Bertz CT molecular complexity index is 1170. The van der Waals surface area contributed by atoms with Gasteiger partial charge in [-0.1, -0.05) is 103 Å². The topological polar surface area (TPSA) is 37.4 Å². The van der Waals surface area contributed by atoms with Gasteiger partial charge >= 0.3 is 0 Å². The Hall–Kier alpha value is -3.46. The zero-order valence-corrected chi connectivity index (χ0v) is 19.8. The van der Waals surface area contributed by atoms with Crippen molar-refractivity contribution in [2.45, 2.75) is 45.7 Å². The monoisotopic (exact) mass is 437 g/mol. The fourth-order valence-corrected chi connectivity index (χ4v) is 4.88. The smallest absolute Gasteiger partial charge is 0.240 e. The molecule has 1 saturated heterocycles. The number of hydrogen-bond donors (Lipinski definition) is 0. The van der Waals surface area contributed by atoms with E-state index in [1.54, 1.807) is 0 Å². The van der Waals surface area contributed by atoms with Crippen LogP contribution in [0.3, 0.4) is 0 Å². The van der Waals surface area contributed by atoms with Crippen molar-refractivity contribution in [1.29, 1.82) is 0 Å². The third-order valence-electron chi connectivity index (χ3n) is 6.40. The van der Waals surface area contributed by atoms with Gasteiger partial charge in [0.25, 0.3) is 0 Å². The van der Waals surface area contributed by atoms with Crippen LogP contribution < -0.4 is 0 Å². The first-order chi connectivity index (χ1) is 15.7. The Labute approximate surface area is 196 Å². The largest absolute Gasteiger partial charge is 0.328 e. The van der Waals surface area contributed by atoms with Crippen LogP contribution in [0.4, 0.5) is 0 Å². The quantitative estimate of drug-likeness (QED) is 0.246. The number of β-lactam (4-membered cyclic amide) rings is 1. The summed E-state index contributed by atoms with van der Waals surface area (Å²) in [6.07, 6.45) is 4.35. The summed E-state index contributed by atoms with van der Waals surface area (Å²) >= 11 is 0. The van der Waals surface area contributed by atoms with E-state index < -0.39 is 11.0 Å². The first kappa shape index (κ1) is 22.7. The van der Waals surface area contributed by atoms with Crippen LogP contribution in [0, 0.1) is 12.3 Å². The lowest BCUT2D eigenvalue weighted by Crippen LogP contribution is -2.71. The second-order valence-electron chi connectivity index (χ2n) is 9.85. The second kappa shape index (κ2) is 8.82. The minimum atomic E-state index is -1.17. The van der Waals surface area contributed by atoms with Crippen molar-refractivity contribution in [1.82, 2.24) is 4.90 Å². The highest BCUT2D eigenvalue weighted by Gasteiger charge is 2.66. The maximum atomic E-state index is 14.0. The lowest BCUT2D eigenvalue weighted by molar-refractivity contribution is -0.177. The predicted octanol–water partition coefficient (Wildman–Crippen LogP) is 6.65. The molecule has 0 bridgehead atoms. The van der Waals surface area contributed by atoms with Crippen molar-refractivity contribution in [3.63, 3.8) is 0 Å². The Balaban J connectivity index is 1.82. The zero-order valence-electron chi connectivity index (χ0n) is 19.8. The number of hydrogen-bond acceptors (Lipinski definition) is 2. The molecule has 1 amide bonds. The molecule has 0 aliphatic carbocycles. The fourth-order valence-electron chi connectivity index (χ4n) is 4.88. The van der Waals surface area contributed by atoms with Crippen LogP contribution in [0.2, 0.25) is 0 Å². The van der Waals surface area contributed by atoms with E-state index in [2.05, 4.69) is 19.1 Å². The minimum Gasteiger partial charge on any atom is -0.328 e. The van der Waals surface area contributed by atoms with Gasteiger partial charge in [0.15, 0.2) is 5.78 Å². The Morgan fingerprint density at radius 3 is 2.18 bits per heavy atom. The van der Waals surface area contributed by atoms with Crippen molar-refractivity contribution in [2.75, 3.05) is 0 Å². The highest BCUT2D eigenvalue weighted by molar-refractivity contribution is 6.18.